The van der Waals surface area contributed by atoms with Gasteiger partial charge in [0.2, 0.25) is 10.8 Å². The summed E-state index contributed by atoms with van der Waals surface area (Å²) in [5.41, 5.74) is 1.07. The number of aromatic nitrogens is 3. The third-order valence-corrected chi connectivity index (χ3v) is 6.03. The molecule has 0 bridgehead atoms. The van der Waals surface area contributed by atoms with Gasteiger partial charge >= 0.3 is 0 Å². The van der Waals surface area contributed by atoms with Crippen LogP contribution in [0.1, 0.15) is 42.7 Å². The molecule has 1 fully saturated rings. The number of likely N-dealkylation sites (tertiary alicyclic amines) is 1. The van der Waals surface area contributed by atoms with Gasteiger partial charge in [-0.05, 0) is 50.6 Å². The molecule has 1 aliphatic rings. The van der Waals surface area contributed by atoms with Crippen LogP contribution in [0.5, 0.6) is 17.4 Å². The molecule has 144 valence electrons. The van der Waals surface area contributed by atoms with E-state index in [9.17, 15) is 5.11 Å². The molecule has 1 aliphatic heterocycles. The zero-order valence-corrected chi connectivity index (χ0v) is 16.4. The van der Waals surface area contributed by atoms with Crippen LogP contribution in [-0.2, 0) is 0 Å². The molecule has 0 amide bonds. The van der Waals surface area contributed by atoms with Crippen LogP contribution in [-0.4, -0.2) is 51.4 Å². The van der Waals surface area contributed by atoms with Gasteiger partial charge in [0.25, 0.3) is 0 Å². The molecule has 1 aromatic carbocycles. The van der Waals surface area contributed by atoms with Crippen LogP contribution < -0.4 is 9.47 Å². The van der Waals surface area contributed by atoms with Crippen molar-refractivity contribution in [2.24, 2.45) is 0 Å². The van der Waals surface area contributed by atoms with Gasteiger partial charge in [0, 0.05) is 0 Å². The van der Waals surface area contributed by atoms with Crippen molar-refractivity contribution in [1.82, 2.24) is 19.5 Å². The molecule has 3 aromatic rings. The fourth-order valence-electron chi connectivity index (χ4n) is 3.71. The molecule has 8 heteroatoms. The fourth-order valence-corrected chi connectivity index (χ4v) is 4.80. The topological polar surface area (TPSA) is 72.1 Å². The number of aromatic hydroxyl groups is 1. The molecule has 0 saturated carbocycles. The number of piperidine rings is 1. The summed E-state index contributed by atoms with van der Waals surface area (Å²) < 4.78 is 12.7. The maximum absolute atomic E-state index is 10.8. The lowest BCUT2D eigenvalue weighted by molar-refractivity contribution is 0.186. The Morgan fingerprint density at radius 1 is 1.22 bits per heavy atom. The van der Waals surface area contributed by atoms with Crippen molar-refractivity contribution in [1.29, 1.82) is 0 Å². The van der Waals surface area contributed by atoms with E-state index in [0.717, 1.165) is 42.1 Å². The van der Waals surface area contributed by atoms with E-state index in [2.05, 4.69) is 21.0 Å². The predicted molar refractivity (Wildman–Crippen MR) is 104 cm³/mol. The average Bonchev–Trinajstić information content (AvgIpc) is 3.28. The van der Waals surface area contributed by atoms with Crippen molar-refractivity contribution in [3.05, 3.63) is 35.0 Å². The lowest BCUT2D eigenvalue weighted by atomic mass is 10.00. The number of hydrogen-bond donors (Lipinski definition) is 1. The molecule has 4 rings (SSSR count). The molecular formula is C19H24N4O3S. The fraction of sp³-hybridized carbons (Fsp3) is 0.474. The molecule has 1 atom stereocenters. The van der Waals surface area contributed by atoms with E-state index in [1.807, 2.05) is 19.1 Å². The van der Waals surface area contributed by atoms with Gasteiger partial charge in [-0.25, -0.2) is 4.98 Å². The molecule has 1 unspecified atom stereocenters. The number of nitrogens with zero attached hydrogens (tertiary/aromatic N) is 4. The summed E-state index contributed by atoms with van der Waals surface area (Å²) in [6, 6.07) is 5.95. The van der Waals surface area contributed by atoms with Gasteiger partial charge in [0.1, 0.15) is 6.33 Å². The summed E-state index contributed by atoms with van der Waals surface area (Å²) >= 11 is 1.48. The van der Waals surface area contributed by atoms with Crippen molar-refractivity contribution in [2.75, 3.05) is 26.8 Å². The smallest absolute Gasteiger partial charge is 0.230 e. The van der Waals surface area contributed by atoms with Crippen LogP contribution >= 0.6 is 11.3 Å². The molecule has 0 spiro atoms. The third-order valence-electron chi connectivity index (χ3n) is 4.95. The van der Waals surface area contributed by atoms with E-state index in [1.54, 1.807) is 7.11 Å². The number of rotatable bonds is 6. The summed E-state index contributed by atoms with van der Waals surface area (Å²) in [5, 5.41) is 14.9. The summed E-state index contributed by atoms with van der Waals surface area (Å²) in [7, 11) is 1.65. The first-order chi connectivity index (χ1) is 13.2. The van der Waals surface area contributed by atoms with Gasteiger partial charge in [0.05, 0.1) is 24.6 Å². The van der Waals surface area contributed by atoms with E-state index in [0.29, 0.717) is 17.3 Å². The molecule has 1 N–H and O–H groups in total. The van der Waals surface area contributed by atoms with E-state index in [1.165, 1.54) is 28.6 Å². The van der Waals surface area contributed by atoms with Gasteiger partial charge in [-0.1, -0.05) is 23.8 Å². The molecule has 27 heavy (non-hydrogen) atoms. The van der Waals surface area contributed by atoms with E-state index in [-0.39, 0.29) is 11.9 Å². The van der Waals surface area contributed by atoms with Crippen molar-refractivity contribution >= 4 is 16.3 Å². The Hall–Kier alpha value is -2.32. The highest BCUT2D eigenvalue weighted by molar-refractivity contribution is 7.17. The highest BCUT2D eigenvalue weighted by Gasteiger charge is 2.30. The lowest BCUT2D eigenvalue weighted by Crippen LogP contribution is -2.34. The Morgan fingerprint density at radius 2 is 2.04 bits per heavy atom. The molecular weight excluding hydrogens is 364 g/mol. The zero-order chi connectivity index (χ0) is 18.8. The van der Waals surface area contributed by atoms with Gasteiger partial charge < -0.3 is 14.6 Å². The SMILES string of the molecule is CCOc1ccc(C(c2sc3ncnn3c2O)N2CCCCC2)cc1OC. The molecule has 2 aromatic heterocycles. The Morgan fingerprint density at radius 3 is 2.74 bits per heavy atom. The number of thiazole rings is 1. The summed E-state index contributed by atoms with van der Waals surface area (Å²) in [4.78, 5) is 8.22. The second-order valence-electron chi connectivity index (χ2n) is 6.59. The number of benzene rings is 1. The minimum Gasteiger partial charge on any atom is -0.493 e. The normalized spacial score (nSPS) is 16.5. The minimum absolute atomic E-state index is 0.0663. The van der Waals surface area contributed by atoms with Crippen LogP contribution in [0.4, 0.5) is 0 Å². The van der Waals surface area contributed by atoms with Crippen LogP contribution in [0.2, 0.25) is 0 Å². The number of methoxy groups -OCH3 is 1. The van der Waals surface area contributed by atoms with E-state index in [4.69, 9.17) is 9.47 Å². The first kappa shape index (κ1) is 18.1. The third kappa shape index (κ3) is 3.35. The maximum Gasteiger partial charge on any atom is 0.230 e. The monoisotopic (exact) mass is 388 g/mol. The second-order valence-corrected chi connectivity index (χ2v) is 7.60. The summed E-state index contributed by atoms with van der Waals surface area (Å²) in [6.45, 7) is 4.52. The van der Waals surface area contributed by atoms with E-state index < -0.39 is 0 Å². The van der Waals surface area contributed by atoms with Crippen molar-refractivity contribution < 1.29 is 14.6 Å². The minimum atomic E-state index is -0.0663. The molecule has 1 saturated heterocycles. The van der Waals surface area contributed by atoms with Crippen LogP contribution in [0.3, 0.4) is 0 Å². The van der Waals surface area contributed by atoms with Gasteiger partial charge in [-0.2, -0.15) is 9.61 Å². The van der Waals surface area contributed by atoms with Crippen molar-refractivity contribution in [3.63, 3.8) is 0 Å². The first-order valence-corrected chi connectivity index (χ1v) is 10.1. The first-order valence-electron chi connectivity index (χ1n) is 9.29. The Bertz CT molecular complexity index is 917. The molecule has 0 aliphatic carbocycles. The quantitative estimate of drug-likeness (QED) is 0.697. The molecule has 0 radical (unpaired) electrons. The van der Waals surface area contributed by atoms with E-state index >= 15 is 0 Å². The van der Waals surface area contributed by atoms with Crippen LogP contribution in [0.15, 0.2) is 24.5 Å². The highest BCUT2D eigenvalue weighted by atomic mass is 32.1. The van der Waals surface area contributed by atoms with Crippen LogP contribution in [0.25, 0.3) is 4.96 Å². The van der Waals surface area contributed by atoms with Gasteiger partial charge in [-0.3, -0.25) is 4.90 Å². The van der Waals surface area contributed by atoms with Crippen molar-refractivity contribution in [2.45, 2.75) is 32.2 Å². The van der Waals surface area contributed by atoms with Crippen molar-refractivity contribution in [3.8, 4) is 17.4 Å². The summed E-state index contributed by atoms with van der Waals surface area (Å²) in [5.74, 6) is 1.60. The van der Waals surface area contributed by atoms with Gasteiger partial charge in [0.15, 0.2) is 11.5 Å². The predicted octanol–water partition coefficient (Wildman–Crippen LogP) is 3.48. The second kappa shape index (κ2) is 7.74. The number of hydrogen-bond acceptors (Lipinski definition) is 7. The Labute approximate surface area is 162 Å². The number of fused-ring (bicyclic) bond motifs is 1. The van der Waals surface area contributed by atoms with Gasteiger partial charge in [-0.15, -0.1) is 0 Å². The standard InChI is InChI=1S/C19H24N4O3S/c1-3-26-14-8-7-13(11-15(14)25-2)16(22-9-5-4-6-10-22)17-18(24)23-19(27-17)20-12-21-23/h7-8,11-12,16,24H,3-6,9-10H2,1-2H3. The molecule has 7 nitrogen and oxygen atoms in total. The zero-order valence-electron chi connectivity index (χ0n) is 15.6. The largest absolute Gasteiger partial charge is 0.493 e. The Balaban J connectivity index is 1.80. The lowest BCUT2D eigenvalue weighted by Gasteiger charge is -2.34. The Kier molecular flexibility index (Phi) is 5.18. The van der Waals surface area contributed by atoms with Crippen LogP contribution in [0, 0.1) is 0 Å². The average molecular weight is 388 g/mol. The highest BCUT2D eigenvalue weighted by Crippen LogP contribution is 2.42. The summed E-state index contributed by atoms with van der Waals surface area (Å²) in [6.07, 6.45) is 5.03. The number of ether oxygens (including phenoxy) is 2. The maximum atomic E-state index is 10.8. The molecule has 3 heterocycles.